The fraction of sp³-hybridized carbons (Fsp3) is 0.714. The molecule has 2 aliphatic rings. The van der Waals surface area contributed by atoms with Crippen LogP contribution in [-0.4, -0.2) is 44.0 Å². The number of benzene rings is 1. The van der Waals surface area contributed by atoms with E-state index in [9.17, 15) is 0 Å². The highest BCUT2D eigenvalue weighted by Gasteiger charge is 2.45. The minimum Gasteiger partial charge on any atom is -0.493 e. The molecule has 25 heavy (non-hydrogen) atoms. The number of fused-ring (bicyclic) bond motifs is 1. The summed E-state index contributed by atoms with van der Waals surface area (Å²) >= 11 is 0. The molecule has 2 aliphatic heterocycles. The van der Waals surface area contributed by atoms with Crippen molar-refractivity contribution in [3.63, 3.8) is 0 Å². The van der Waals surface area contributed by atoms with E-state index in [0.717, 1.165) is 56.4 Å². The molecule has 0 aromatic heterocycles. The standard InChI is InChI=1S/C21H33NO3/c1-5-6-7-8-11-24-18-15-17-19(14-16(18)2)25-20(21(17,3)4)22-9-12-23-13-10-22/h14-15,20H,5-13H2,1-4H3. The SMILES string of the molecule is CCCCCCOc1cc2c(cc1C)OC(N1CCOCC1)C2(C)C. The largest absolute Gasteiger partial charge is 0.493 e. The molecule has 3 rings (SSSR count). The minimum absolute atomic E-state index is 0.0549. The Morgan fingerprint density at radius 2 is 1.92 bits per heavy atom. The summed E-state index contributed by atoms with van der Waals surface area (Å²) in [5.41, 5.74) is 2.37. The lowest BCUT2D eigenvalue weighted by atomic mass is 9.83. The van der Waals surface area contributed by atoms with Gasteiger partial charge in [-0.15, -0.1) is 0 Å². The first-order valence-corrected chi connectivity index (χ1v) is 9.80. The quantitative estimate of drug-likeness (QED) is 0.689. The number of unbranched alkanes of at least 4 members (excludes halogenated alkanes) is 3. The molecule has 0 aliphatic carbocycles. The van der Waals surface area contributed by atoms with Crippen LogP contribution in [0, 0.1) is 6.92 Å². The lowest BCUT2D eigenvalue weighted by Crippen LogP contribution is -2.52. The molecule has 0 radical (unpaired) electrons. The Labute approximate surface area is 152 Å². The predicted octanol–water partition coefficient (Wildman–Crippen LogP) is 4.28. The van der Waals surface area contributed by atoms with Gasteiger partial charge in [-0.1, -0.05) is 40.0 Å². The number of hydrogen-bond donors (Lipinski definition) is 0. The monoisotopic (exact) mass is 347 g/mol. The lowest BCUT2D eigenvalue weighted by Gasteiger charge is -2.38. The van der Waals surface area contributed by atoms with Crippen molar-refractivity contribution < 1.29 is 14.2 Å². The number of aryl methyl sites for hydroxylation is 1. The Morgan fingerprint density at radius 1 is 1.16 bits per heavy atom. The van der Waals surface area contributed by atoms with Crippen LogP contribution in [0.2, 0.25) is 0 Å². The Bertz CT molecular complexity index is 579. The maximum Gasteiger partial charge on any atom is 0.162 e. The van der Waals surface area contributed by atoms with E-state index in [1.54, 1.807) is 0 Å². The summed E-state index contributed by atoms with van der Waals surface area (Å²) in [5, 5.41) is 0. The summed E-state index contributed by atoms with van der Waals surface area (Å²) in [6.07, 6.45) is 4.99. The van der Waals surface area contributed by atoms with E-state index in [0.29, 0.717) is 0 Å². The van der Waals surface area contributed by atoms with Gasteiger partial charge in [-0.2, -0.15) is 0 Å². The molecular formula is C21H33NO3. The molecule has 140 valence electrons. The first kappa shape index (κ1) is 18.5. The zero-order valence-electron chi connectivity index (χ0n) is 16.3. The molecule has 1 aromatic rings. The number of nitrogens with zero attached hydrogens (tertiary/aromatic N) is 1. The van der Waals surface area contributed by atoms with Gasteiger partial charge >= 0.3 is 0 Å². The van der Waals surface area contributed by atoms with E-state index in [1.165, 1.54) is 24.8 Å². The molecule has 1 unspecified atom stereocenters. The van der Waals surface area contributed by atoms with Crippen LogP contribution in [0.3, 0.4) is 0 Å². The average molecular weight is 347 g/mol. The van der Waals surface area contributed by atoms with Crippen LogP contribution in [0.1, 0.15) is 57.6 Å². The van der Waals surface area contributed by atoms with E-state index in [1.807, 2.05) is 0 Å². The van der Waals surface area contributed by atoms with Gasteiger partial charge in [0.05, 0.1) is 19.8 Å². The van der Waals surface area contributed by atoms with Gasteiger partial charge in [-0.3, -0.25) is 4.90 Å². The van der Waals surface area contributed by atoms with Gasteiger partial charge in [0.15, 0.2) is 6.23 Å². The second-order valence-electron chi connectivity index (χ2n) is 7.86. The first-order chi connectivity index (χ1) is 12.0. The summed E-state index contributed by atoms with van der Waals surface area (Å²) in [6, 6.07) is 4.36. The maximum atomic E-state index is 6.37. The lowest BCUT2D eigenvalue weighted by molar-refractivity contribution is -0.0612. The third-order valence-corrected chi connectivity index (χ3v) is 5.46. The second-order valence-corrected chi connectivity index (χ2v) is 7.86. The fourth-order valence-corrected chi connectivity index (χ4v) is 3.87. The van der Waals surface area contributed by atoms with Gasteiger partial charge < -0.3 is 14.2 Å². The van der Waals surface area contributed by atoms with E-state index in [-0.39, 0.29) is 11.6 Å². The van der Waals surface area contributed by atoms with Crippen molar-refractivity contribution in [3.8, 4) is 11.5 Å². The molecule has 1 saturated heterocycles. The molecule has 0 amide bonds. The normalized spacial score (nSPS) is 22.5. The fourth-order valence-electron chi connectivity index (χ4n) is 3.87. The van der Waals surface area contributed by atoms with Crippen LogP contribution in [-0.2, 0) is 10.2 Å². The molecule has 2 heterocycles. The molecule has 0 spiro atoms. The van der Waals surface area contributed by atoms with Gasteiger partial charge in [-0.05, 0) is 31.0 Å². The van der Waals surface area contributed by atoms with Crippen LogP contribution in [0.4, 0.5) is 0 Å². The topological polar surface area (TPSA) is 30.9 Å². The second kappa shape index (κ2) is 7.96. The van der Waals surface area contributed by atoms with E-state index >= 15 is 0 Å². The van der Waals surface area contributed by atoms with Gasteiger partial charge in [0.1, 0.15) is 11.5 Å². The van der Waals surface area contributed by atoms with Crippen molar-refractivity contribution in [1.29, 1.82) is 0 Å². The smallest absolute Gasteiger partial charge is 0.162 e. The van der Waals surface area contributed by atoms with Crippen LogP contribution in [0.25, 0.3) is 0 Å². The highest BCUT2D eigenvalue weighted by atomic mass is 16.5. The molecule has 0 bridgehead atoms. The first-order valence-electron chi connectivity index (χ1n) is 9.80. The van der Waals surface area contributed by atoms with Crippen LogP contribution < -0.4 is 9.47 Å². The van der Waals surface area contributed by atoms with E-state index < -0.39 is 0 Å². The Balaban J connectivity index is 1.72. The van der Waals surface area contributed by atoms with Crippen molar-refractivity contribution in [2.75, 3.05) is 32.9 Å². The Morgan fingerprint density at radius 3 is 2.64 bits per heavy atom. The van der Waals surface area contributed by atoms with Crippen molar-refractivity contribution in [2.24, 2.45) is 0 Å². The summed E-state index contributed by atoms with van der Waals surface area (Å²) in [4.78, 5) is 2.41. The van der Waals surface area contributed by atoms with Crippen molar-refractivity contribution in [3.05, 3.63) is 23.3 Å². The Hall–Kier alpha value is -1.26. The van der Waals surface area contributed by atoms with Gasteiger partial charge in [-0.25, -0.2) is 0 Å². The molecule has 1 aromatic carbocycles. The minimum atomic E-state index is -0.0549. The summed E-state index contributed by atoms with van der Waals surface area (Å²) in [7, 11) is 0. The maximum absolute atomic E-state index is 6.37. The van der Waals surface area contributed by atoms with Gasteiger partial charge in [0, 0.05) is 24.1 Å². The molecule has 0 N–H and O–H groups in total. The van der Waals surface area contributed by atoms with Crippen molar-refractivity contribution >= 4 is 0 Å². The third kappa shape index (κ3) is 3.95. The van der Waals surface area contributed by atoms with Crippen LogP contribution in [0.5, 0.6) is 11.5 Å². The number of rotatable bonds is 7. The van der Waals surface area contributed by atoms with Crippen molar-refractivity contribution in [2.45, 2.75) is 65.0 Å². The molecule has 1 atom stereocenters. The number of hydrogen-bond acceptors (Lipinski definition) is 4. The predicted molar refractivity (Wildman–Crippen MR) is 101 cm³/mol. The zero-order valence-corrected chi connectivity index (χ0v) is 16.3. The summed E-state index contributed by atoms with van der Waals surface area (Å²) in [6.45, 7) is 13.1. The zero-order chi connectivity index (χ0) is 17.9. The summed E-state index contributed by atoms with van der Waals surface area (Å²) in [5.74, 6) is 2.02. The molecule has 4 nitrogen and oxygen atoms in total. The highest BCUT2D eigenvalue weighted by molar-refractivity contribution is 5.52. The number of morpholine rings is 1. The average Bonchev–Trinajstić information content (AvgIpc) is 2.86. The molecule has 4 heteroatoms. The van der Waals surface area contributed by atoms with Crippen molar-refractivity contribution in [1.82, 2.24) is 4.90 Å². The van der Waals surface area contributed by atoms with Gasteiger partial charge in [0.25, 0.3) is 0 Å². The van der Waals surface area contributed by atoms with Crippen LogP contribution in [0.15, 0.2) is 12.1 Å². The highest BCUT2D eigenvalue weighted by Crippen LogP contribution is 2.46. The molecule has 0 saturated carbocycles. The van der Waals surface area contributed by atoms with Crippen LogP contribution >= 0.6 is 0 Å². The summed E-state index contributed by atoms with van der Waals surface area (Å²) < 4.78 is 18.0. The third-order valence-electron chi connectivity index (χ3n) is 5.46. The Kier molecular flexibility index (Phi) is 5.90. The molecular weight excluding hydrogens is 314 g/mol. The van der Waals surface area contributed by atoms with E-state index in [4.69, 9.17) is 14.2 Å². The number of ether oxygens (including phenoxy) is 3. The van der Waals surface area contributed by atoms with Gasteiger partial charge in [0.2, 0.25) is 0 Å². The van der Waals surface area contributed by atoms with E-state index in [2.05, 4.69) is 44.7 Å². The molecule has 1 fully saturated rings.